The van der Waals surface area contributed by atoms with Gasteiger partial charge in [0.15, 0.2) is 0 Å². The predicted molar refractivity (Wildman–Crippen MR) is 139 cm³/mol. The van der Waals surface area contributed by atoms with Gasteiger partial charge in [0.25, 0.3) is 0 Å². The minimum atomic E-state index is -0.878. The van der Waals surface area contributed by atoms with Crippen LogP contribution in [0.2, 0.25) is 0 Å². The van der Waals surface area contributed by atoms with E-state index >= 15 is 0 Å². The van der Waals surface area contributed by atoms with E-state index < -0.39 is 23.9 Å². The van der Waals surface area contributed by atoms with Gasteiger partial charge in [-0.05, 0) is 34.6 Å². The molecule has 0 saturated carbocycles. The molecule has 0 radical (unpaired) electrons. The minimum Gasteiger partial charge on any atom is -0.377 e. The number of thiophene rings is 1. The third-order valence-electron chi connectivity index (χ3n) is 5.51. The summed E-state index contributed by atoms with van der Waals surface area (Å²) in [6, 6.07) is 20.1. The van der Waals surface area contributed by atoms with Gasteiger partial charge in [0.05, 0.1) is 0 Å². The highest BCUT2D eigenvalue weighted by atomic mass is 32.1. The molecule has 3 aromatic rings. The maximum atomic E-state index is 13.2. The van der Waals surface area contributed by atoms with Crippen molar-refractivity contribution in [3.05, 3.63) is 94.8 Å². The number of allylic oxidation sites excluding steroid dienone is 1. The van der Waals surface area contributed by atoms with E-state index in [4.69, 9.17) is 11.5 Å². The lowest BCUT2D eigenvalue weighted by molar-refractivity contribution is -0.128. The molecule has 0 bridgehead atoms. The first-order valence-corrected chi connectivity index (χ1v) is 12.2. The van der Waals surface area contributed by atoms with Gasteiger partial charge in [0.2, 0.25) is 17.7 Å². The summed E-state index contributed by atoms with van der Waals surface area (Å²) >= 11 is 1.53. The van der Waals surface area contributed by atoms with Crippen LogP contribution in [0.5, 0.6) is 0 Å². The topological polar surface area (TPSA) is 127 Å². The van der Waals surface area contributed by atoms with Gasteiger partial charge in [-0.3, -0.25) is 14.4 Å². The highest BCUT2D eigenvalue weighted by molar-refractivity contribution is 7.09. The molecule has 0 aliphatic rings. The summed E-state index contributed by atoms with van der Waals surface area (Å²) in [6.07, 6.45) is 1.11. The second-order valence-electron chi connectivity index (χ2n) is 8.28. The fourth-order valence-electron chi connectivity index (χ4n) is 3.63. The molecule has 0 saturated heterocycles. The minimum absolute atomic E-state index is 0.127. The van der Waals surface area contributed by atoms with Crippen LogP contribution in [0.3, 0.4) is 0 Å². The van der Waals surface area contributed by atoms with Crippen LogP contribution in [0.15, 0.2) is 84.4 Å². The maximum absolute atomic E-state index is 13.2. The summed E-state index contributed by atoms with van der Waals surface area (Å²) < 4.78 is 0. The van der Waals surface area contributed by atoms with E-state index in [1.165, 1.54) is 11.3 Å². The lowest BCUT2D eigenvalue weighted by atomic mass is 10.00. The quantitative estimate of drug-likeness (QED) is 0.294. The van der Waals surface area contributed by atoms with Gasteiger partial charge in [-0.15, -0.1) is 11.3 Å². The molecule has 1 aromatic heterocycles. The standard InChI is InChI=1S/C27H30N4O3S/c1-18(9-14-25(28)32)30-24(17-22-8-5-15-35-22)27(34)31-23(26(29)33)16-19-10-12-21(13-11-19)20-6-3-2-4-7-20/h2-8,10-13,15,23-24,30H,1,9,14,16-17H2,(H2,28,32)(H2,29,33)(H,31,34)/t23-,24+/m0/s1. The molecule has 0 aliphatic heterocycles. The maximum Gasteiger partial charge on any atom is 0.243 e. The third kappa shape index (κ3) is 8.12. The molecule has 182 valence electrons. The molecular formula is C27H30N4O3S. The van der Waals surface area contributed by atoms with Gasteiger partial charge in [-0.2, -0.15) is 0 Å². The van der Waals surface area contributed by atoms with Crippen molar-refractivity contribution in [1.82, 2.24) is 10.6 Å². The van der Waals surface area contributed by atoms with Crippen molar-refractivity contribution in [1.29, 1.82) is 0 Å². The zero-order valence-electron chi connectivity index (χ0n) is 19.4. The molecular weight excluding hydrogens is 460 g/mol. The Morgan fingerprint density at radius 1 is 0.800 bits per heavy atom. The lowest BCUT2D eigenvalue weighted by Gasteiger charge is -2.23. The number of amides is 3. The van der Waals surface area contributed by atoms with Crippen molar-refractivity contribution in [2.24, 2.45) is 11.5 Å². The van der Waals surface area contributed by atoms with Crippen LogP contribution in [0.4, 0.5) is 0 Å². The molecule has 2 aromatic carbocycles. The normalized spacial score (nSPS) is 12.3. The summed E-state index contributed by atoms with van der Waals surface area (Å²) in [5, 5.41) is 7.80. The predicted octanol–water partition coefficient (Wildman–Crippen LogP) is 2.91. The number of hydrogen-bond donors (Lipinski definition) is 4. The first-order chi connectivity index (χ1) is 16.8. The molecule has 0 fully saturated rings. The Morgan fingerprint density at radius 2 is 1.49 bits per heavy atom. The Balaban J connectivity index is 1.68. The van der Waals surface area contributed by atoms with Crippen LogP contribution in [-0.4, -0.2) is 29.8 Å². The van der Waals surface area contributed by atoms with E-state index in [2.05, 4.69) is 17.2 Å². The van der Waals surface area contributed by atoms with Gasteiger partial charge in [0, 0.05) is 29.8 Å². The van der Waals surface area contributed by atoms with Gasteiger partial charge in [0.1, 0.15) is 12.1 Å². The number of carbonyl (C=O) groups excluding carboxylic acids is 3. The molecule has 3 amide bonds. The fourth-order valence-corrected chi connectivity index (χ4v) is 4.38. The van der Waals surface area contributed by atoms with Crippen molar-refractivity contribution >= 4 is 29.1 Å². The van der Waals surface area contributed by atoms with Gasteiger partial charge < -0.3 is 22.1 Å². The SMILES string of the molecule is C=C(CCC(N)=O)N[C@H](Cc1cccs1)C(=O)N[C@@H](Cc1ccc(-c2ccccc2)cc1)C(N)=O. The summed E-state index contributed by atoms with van der Waals surface area (Å²) in [6.45, 7) is 3.91. The second kappa shape index (κ2) is 12.5. The Bertz CT molecular complexity index is 1140. The van der Waals surface area contributed by atoms with E-state index in [1.54, 1.807) is 0 Å². The first kappa shape index (κ1) is 25.7. The molecule has 2 atom stereocenters. The largest absolute Gasteiger partial charge is 0.377 e. The van der Waals surface area contributed by atoms with Crippen LogP contribution < -0.4 is 22.1 Å². The molecule has 0 unspecified atom stereocenters. The Hall–Kier alpha value is -3.91. The highest BCUT2D eigenvalue weighted by Crippen LogP contribution is 2.20. The molecule has 8 heteroatoms. The van der Waals surface area contributed by atoms with Crippen LogP contribution in [0, 0.1) is 0 Å². The van der Waals surface area contributed by atoms with Gasteiger partial charge >= 0.3 is 0 Å². The second-order valence-corrected chi connectivity index (χ2v) is 9.31. The van der Waals surface area contributed by atoms with Crippen molar-refractivity contribution in [3.8, 4) is 11.1 Å². The smallest absolute Gasteiger partial charge is 0.243 e. The van der Waals surface area contributed by atoms with Crippen LogP contribution in [-0.2, 0) is 27.2 Å². The molecule has 3 rings (SSSR count). The molecule has 1 heterocycles. The molecule has 6 N–H and O–H groups in total. The number of nitrogens with one attached hydrogen (secondary N) is 2. The highest BCUT2D eigenvalue weighted by Gasteiger charge is 2.25. The zero-order chi connectivity index (χ0) is 25.2. The number of benzene rings is 2. The van der Waals surface area contributed by atoms with E-state index in [-0.39, 0.29) is 18.7 Å². The van der Waals surface area contributed by atoms with Crippen molar-refractivity contribution in [2.45, 2.75) is 37.8 Å². The van der Waals surface area contributed by atoms with E-state index in [1.807, 2.05) is 72.1 Å². The summed E-state index contributed by atoms with van der Waals surface area (Å²) in [5.74, 6) is -1.43. The number of primary amides is 2. The summed E-state index contributed by atoms with van der Waals surface area (Å²) in [4.78, 5) is 37.5. The van der Waals surface area contributed by atoms with Crippen molar-refractivity contribution < 1.29 is 14.4 Å². The number of nitrogens with two attached hydrogens (primary N) is 2. The third-order valence-corrected chi connectivity index (χ3v) is 6.41. The Morgan fingerprint density at radius 3 is 2.09 bits per heavy atom. The molecule has 0 spiro atoms. The molecule has 0 aliphatic carbocycles. The molecule has 7 nitrogen and oxygen atoms in total. The number of hydrogen-bond acceptors (Lipinski definition) is 5. The summed E-state index contributed by atoms with van der Waals surface area (Å²) in [7, 11) is 0. The van der Waals surface area contributed by atoms with Crippen LogP contribution in [0.25, 0.3) is 11.1 Å². The fraction of sp³-hybridized carbons (Fsp3) is 0.222. The summed E-state index contributed by atoms with van der Waals surface area (Å²) in [5.41, 5.74) is 14.4. The van der Waals surface area contributed by atoms with Crippen LogP contribution >= 0.6 is 11.3 Å². The lowest BCUT2D eigenvalue weighted by Crippen LogP contribution is -2.53. The average molecular weight is 491 g/mol. The number of rotatable bonds is 13. The van der Waals surface area contributed by atoms with Gasteiger partial charge in [-0.1, -0.05) is 67.2 Å². The van der Waals surface area contributed by atoms with E-state index in [0.717, 1.165) is 21.6 Å². The van der Waals surface area contributed by atoms with Crippen LogP contribution in [0.1, 0.15) is 23.3 Å². The van der Waals surface area contributed by atoms with E-state index in [0.29, 0.717) is 18.5 Å². The van der Waals surface area contributed by atoms with E-state index in [9.17, 15) is 14.4 Å². The molecule has 35 heavy (non-hydrogen) atoms. The average Bonchev–Trinajstić information content (AvgIpc) is 3.36. The Kier molecular flexibility index (Phi) is 9.20. The number of carbonyl (C=O) groups is 3. The van der Waals surface area contributed by atoms with Crippen molar-refractivity contribution in [3.63, 3.8) is 0 Å². The zero-order valence-corrected chi connectivity index (χ0v) is 20.2. The first-order valence-electron chi connectivity index (χ1n) is 11.3. The van der Waals surface area contributed by atoms with Crippen molar-refractivity contribution in [2.75, 3.05) is 0 Å². The monoisotopic (exact) mass is 490 g/mol. The Labute approximate surface area is 209 Å². The van der Waals surface area contributed by atoms with Gasteiger partial charge in [-0.25, -0.2) is 0 Å².